The summed E-state index contributed by atoms with van der Waals surface area (Å²) in [5.74, 6) is -1.24. The van der Waals surface area contributed by atoms with Gasteiger partial charge in [0.15, 0.2) is 0 Å². The molecule has 18 heavy (non-hydrogen) atoms. The number of carbonyl (C=O) groups is 1. The van der Waals surface area contributed by atoms with Crippen molar-refractivity contribution in [2.24, 2.45) is 7.05 Å². The van der Waals surface area contributed by atoms with Crippen molar-refractivity contribution >= 4 is 17.4 Å². The number of nitrogens with one attached hydrogen (secondary N) is 1. The maximum Gasteiger partial charge on any atom is 0.277 e. The number of aromatic nitrogens is 2. The van der Waals surface area contributed by atoms with E-state index in [4.69, 9.17) is 11.6 Å². The lowest BCUT2D eigenvalue weighted by atomic mass is 10.0. The first kappa shape index (κ1) is 12.6. The number of halogens is 2. The van der Waals surface area contributed by atoms with Crippen molar-refractivity contribution in [3.05, 3.63) is 56.2 Å². The molecule has 0 fully saturated rings. The highest BCUT2D eigenvalue weighted by atomic mass is 35.5. The van der Waals surface area contributed by atoms with E-state index in [0.29, 0.717) is 5.56 Å². The maximum absolute atomic E-state index is 13.6. The van der Waals surface area contributed by atoms with Crippen LogP contribution in [-0.4, -0.2) is 15.6 Å². The van der Waals surface area contributed by atoms with Crippen molar-refractivity contribution in [1.82, 2.24) is 9.78 Å². The van der Waals surface area contributed by atoms with Gasteiger partial charge < -0.3 is 5.10 Å². The van der Waals surface area contributed by atoms with Gasteiger partial charge in [-0.2, -0.15) is 0 Å². The van der Waals surface area contributed by atoms with E-state index >= 15 is 0 Å². The molecule has 1 aromatic carbocycles. The topological polar surface area (TPSA) is 54.9 Å². The van der Waals surface area contributed by atoms with E-state index in [0.717, 1.165) is 4.68 Å². The van der Waals surface area contributed by atoms with Gasteiger partial charge in [0.1, 0.15) is 11.4 Å². The molecular formula is C12H10ClFN2O2. The molecule has 4 nitrogen and oxygen atoms in total. The number of aromatic amines is 1. The summed E-state index contributed by atoms with van der Waals surface area (Å²) in [6, 6.07) is 2.86. The van der Waals surface area contributed by atoms with E-state index in [1.54, 1.807) is 6.92 Å². The summed E-state index contributed by atoms with van der Waals surface area (Å²) < 4.78 is 14.8. The van der Waals surface area contributed by atoms with Gasteiger partial charge in [-0.05, 0) is 18.6 Å². The van der Waals surface area contributed by atoms with Crippen LogP contribution in [0, 0.1) is 12.7 Å². The first-order chi connectivity index (χ1) is 8.43. The van der Waals surface area contributed by atoms with Gasteiger partial charge in [-0.25, -0.2) is 4.39 Å². The van der Waals surface area contributed by atoms with Gasteiger partial charge >= 0.3 is 0 Å². The van der Waals surface area contributed by atoms with Crippen molar-refractivity contribution in [3.63, 3.8) is 0 Å². The highest BCUT2D eigenvalue weighted by Crippen LogP contribution is 2.24. The molecule has 0 spiro atoms. The number of carbonyl (C=O) groups excluding carboxylic acids is 1. The quantitative estimate of drug-likeness (QED) is 0.848. The van der Waals surface area contributed by atoms with Crippen molar-refractivity contribution in [2.75, 3.05) is 0 Å². The Balaban J connectivity index is 2.57. The monoisotopic (exact) mass is 268 g/mol. The molecule has 1 aromatic heterocycles. The number of hydrogen-bond acceptors (Lipinski definition) is 2. The summed E-state index contributed by atoms with van der Waals surface area (Å²) in [5, 5.41) is 2.32. The Labute approximate surface area is 107 Å². The van der Waals surface area contributed by atoms with Crippen molar-refractivity contribution in [1.29, 1.82) is 0 Å². The van der Waals surface area contributed by atoms with Crippen LogP contribution >= 0.6 is 11.6 Å². The highest BCUT2D eigenvalue weighted by Gasteiger charge is 2.20. The van der Waals surface area contributed by atoms with E-state index in [1.165, 1.54) is 25.4 Å². The Morgan fingerprint density at radius 2 is 2.06 bits per heavy atom. The molecule has 2 aromatic rings. The van der Waals surface area contributed by atoms with Gasteiger partial charge in [-0.15, -0.1) is 0 Å². The van der Waals surface area contributed by atoms with Crippen LogP contribution in [0.25, 0.3) is 0 Å². The fraction of sp³-hybridized carbons (Fsp3) is 0.167. The van der Waals surface area contributed by atoms with E-state index in [-0.39, 0.29) is 16.1 Å². The molecule has 0 aliphatic heterocycles. The Morgan fingerprint density at radius 1 is 1.39 bits per heavy atom. The zero-order valence-corrected chi connectivity index (χ0v) is 10.5. The number of nitrogens with zero attached hydrogens (tertiary/aromatic N) is 1. The predicted molar refractivity (Wildman–Crippen MR) is 65.6 cm³/mol. The van der Waals surface area contributed by atoms with E-state index < -0.39 is 17.2 Å². The molecule has 0 bridgehead atoms. The number of aryl methyl sites for hydroxylation is 2. The fourth-order valence-electron chi connectivity index (χ4n) is 1.59. The normalized spacial score (nSPS) is 10.7. The minimum absolute atomic E-state index is 0.0172. The smallest absolute Gasteiger partial charge is 0.277 e. The molecule has 6 heteroatoms. The van der Waals surface area contributed by atoms with E-state index in [9.17, 15) is 14.0 Å². The molecular weight excluding hydrogens is 259 g/mol. The zero-order valence-electron chi connectivity index (χ0n) is 9.75. The van der Waals surface area contributed by atoms with Crippen molar-refractivity contribution in [3.8, 4) is 0 Å². The Kier molecular flexibility index (Phi) is 3.09. The van der Waals surface area contributed by atoms with E-state index in [1.807, 2.05) is 0 Å². The third-order valence-corrected chi connectivity index (χ3v) is 3.07. The fourth-order valence-corrected chi connectivity index (χ4v) is 1.89. The first-order valence-electron chi connectivity index (χ1n) is 5.17. The van der Waals surface area contributed by atoms with Crippen LogP contribution in [-0.2, 0) is 7.05 Å². The standard InChI is InChI=1S/C12H10ClFN2O2/c1-6-3-4-7(9(13)10(6)14)11(17)8-5-15-16(2)12(8)18/h3-5,15H,1-2H3. The first-order valence-corrected chi connectivity index (χ1v) is 5.55. The minimum atomic E-state index is -0.644. The predicted octanol–water partition coefficient (Wildman–Crippen LogP) is 2.05. The molecule has 1 heterocycles. The number of ketones is 1. The van der Waals surface area contributed by atoms with Crippen LogP contribution in [0.4, 0.5) is 4.39 Å². The van der Waals surface area contributed by atoms with Crippen LogP contribution in [0.5, 0.6) is 0 Å². The van der Waals surface area contributed by atoms with Gasteiger partial charge in [-0.3, -0.25) is 14.3 Å². The second-order valence-corrected chi connectivity index (χ2v) is 4.32. The largest absolute Gasteiger partial charge is 0.302 e. The van der Waals surface area contributed by atoms with Gasteiger partial charge in [0, 0.05) is 18.8 Å². The maximum atomic E-state index is 13.6. The Morgan fingerprint density at radius 3 is 2.61 bits per heavy atom. The summed E-state index contributed by atoms with van der Waals surface area (Å²) >= 11 is 5.79. The van der Waals surface area contributed by atoms with Crippen molar-refractivity contribution in [2.45, 2.75) is 6.92 Å². The average molecular weight is 269 g/mol. The summed E-state index contributed by atoms with van der Waals surface area (Å²) in [5.41, 5.74) is -0.213. The second-order valence-electron chi connectivity index (χ2n) is 3.94. The summed E-state index contributed by atoms with van der Waals surface area (Å²) in [4.78, 5) is 23.7. The Bertz CT molecular complexity index is 688. The van der Waals surface area contributed by atoms with Gasteiger partial charge in [0.2, 0.25) is 5.78 Å². The molecule has 2 rings (SSSR count). The molecule has 0 atom stereocenters. The summed E-state index contributed by atoms with van der Waals surface area (Å²) in [6.45, 7) is 1.55. The number of rotatable bonds is 2. The molecule has 0 aliphatic carbocycles. The van der Waals surface area contributed by atoms with Crippen LogP contribution in [0.3, 0.4) is 0 Å². The van der Waals surface area contributed by atoms with E-state index in [2.05, 4.69) is 5.10 Å². The summed E-state index contributed by atoms with van der Waals surface area (Å²) in [6.07, 6.45) is 1.28. The van der Waals surface area contributed by atoms with Crippen LogP contribution < -0.4 is 5.56 Å². The second kappa shape index (κ2) is 4.42. The number of H-pyrrole nitrogens is 1. The molecule has 0 saturated carbocycles. The van der Waals surface area contributed by atoms with Crippen LogP contribution in [0.1, 0.15) is 21.5 Å². The molecule has 0 aliphatic rings. The van der Waals surface area contributed by atoms with Gasteiger partial charge in [0.05, 0.1) is 5.02 Å². The lowest BCUT2D eigenvalue weighted by Gasteiger charge is -2.04. The van der Waals surface area contributed by atoms with Gasteiger partial charge in [-0.1, -0.05) is 17.7 Å². The third kappa shape index (κ3) is 1.86. The Hall–Kier alpha value is -1.88. The van der Waals surface area contributed by atoms with Crippen LogP contribution in [0.2, 0.25) is 5.02 Å². The lowest BCUT2D eigenvalue weighted by Crippen LogP contribution is -2.19. The summed E-state index contributed by atoms with van der Waals surface area (Å²) in [7, 11) is 1.48. The average Bonchev–Trinajstić information content (AvgIpc) is 2.67. The molecule has 1 N–H and O–H groups in total. The lowest BCUT2D eigenvalue weighted by molar-refractivity contribution is 0.103. The highest BCUT2D eigenvalue weighted by molar-refractivity contribution is 6.35. The number of benzene rings is 1. The number of hydrogen-bond donors (Lipinski definition) is 1. The minimum Gasteiger partial charge on any atom is -0.302 e. The molecule has 0 unspecified atom stereocenters. The van der Waals surface area contributed by atoms with Crippen molar-refractivity contribution < 1.29 is 9.18 Å². The molecule has 0 radical (unpaired) electrons. The molecule has 0 saturated heterocycles. The SMILES string of the molecule is Cc1ccc(C(=O)c2c[nH]n(C)c2=O)c(Cl)c1F. The van der Waals surface area contributed by atoms with Gasteiger partial charge in [0.25, 0.3) is 5.56 Å². The molecule has 0 amide bonds. The molecule has 94 valence electrons. The third-order valence-electron chi connectivity index (χ3n) is 2.70. The zero-order chi connectivity index (χ0) is 13.4. The van der Waals surface area contributed by atoms with Crippen LogP contribution in [0.15, 0.2) is 23.1 Å².